The summed E-state index contributed by atoms with van der Waals surface area (Å²) in [6.45, 7) is 12.5. The van der Waals surface area contributed by atoms with Crippen molar-refractivity contribution in [2.75, 3.05) is 7.11 Å². The summed E-state index contributed by atoms with van der Waals surface area (Å²) in [6.07, 6.45) is 2.30. The monoisotopic (exact) mass is 522 g/mol. The van der Waals surface area contributed by atoms with Gasteiger partial charge in [0.2, 0.25) is 0 Å². The van der Waals surface area contributed by atoms with Crippen LogP contribution in [0.5, 0.6) is 0 Å². The highest BCUT2D eigenvalue weighted by Gasteiger charge is 2.32. The molecule has 3 atom stereocenters. The van der Waals surface area contributed by atoms with E-state index in [2.05, 4.69) is 70.8 Å². The summed E-state index contributed by atoms with van der Waals surface area (Å²) in [6, 6.07) is 8.32. The SMILES string of the molecule is CC.COC1c2c(Br)ccc(C)c2CC1C.Cc1ccc(Br)c2c1CC(C)C2=O. The minimum absolute atomic E-state index is 0.160. The zero-order valence-electron chi connectivity index (χ0n) is 18.5. The van der Waals surface area contributed by atoms with E-state index in [9.17, 15) is 4.79 Å². The molecule has 0 saturated carbocycles. The van der Waals surface area contributed by atoms with E-state index >= 15 is 0 Å². The summed E-state index contributed by atoms with van der Waals surface area (Å²) in [5, 5.41) is 0. The normalized spacial score (nSPS) is 21.6. The molecule has 4 heteroatoms. The maximum atomic E-state index is 11.7. The first-order valence-electron chi connectivity index (χ1n) is 10.4. The number of ether oxygens (including phenoxy) is 1. The van der Waals surface area contributed by atoms with Gasteiger partial charge >= 0.3 is 0 Å². The van der Waals surface area contributed by atoms with E-state index in [0.29, 0.717) is 5.92 Å². The average Bonchev–Trinajstić information content (AvgIpc) is 3.21. The van der Waals surface area contributed by atoms with Crippen LogP contribution in [0.1, 0.15) is 72.0 Å². The van der Waals surface area contributed by atoms with Crippen LogP contribution in [-0.2, 0) is 17.6 Å². The van der Waals surface area contributed by atoms with E-state index in [-0.39, 0.29) is 17.8 Å². The second kappa shape index (κ2) is 10.4. The van der Waals surface area contributed by atoms with Gasteiger partial charge in [0.1, 0.15) is 0 Å². The molecule has 0 heterocycles. The third-order valence-corrected chi connectivity index (χ3v) is 7.17. The Morgan fingerprint density at radius 2 is 1.45 bits per heavy atom. The summed E-state index contributed by atoms with van der Waals surface area (Å²) in [5.41, 5.74) is 7.59. The molecule has 158 valence electrons. The van der Waals surface area contributed by atoms with Gasteiger partial charge in [-0.05, 0) is 72.6 Å². The smallest absolute Gasteiger partial charge is 0.167 e. The maximum Gasteiger partial charge on any atom is 0.167 e. The van der Waals surface area contributed by atoms with Crippen LogP contribution in [-0.4, -0.2) is 12.9 Å². The largest absolute Gasteiger partial charge is 0.376 e. The Morgan fingerprint density at radius 3 is 2.00 bits per heavy atom. The third-order valence-electron chi connectivity index (χ3n) is 5.82. The Morgan fingerprint density at radius 1 is 0.897 bits per heavy atom. The predicted molar refractivity (Wildman–Crippen MR) is 129 cm³/mol. The summed E-state index contributed by atoms with van der Waals surface area (Å²) in [4.78, 5) is 11.7. The highest BCUT2D eigenvalue weighted by molar-refractivity contribution is 9.10. The highest BCUT2D eigenvalue weighted by Crippen LogP contribution is 2.43. The lowest BCUT2D eigenvalue weighted by molar-refractivity contribution is 0.0690. The molecular formula is C25H32Br2O2. The number of rotatable bonds is 1. The molecule has 2 aromatic rings. The molecule has 2 nitrogen and oxygen atoms in total. The van der Waals surface area contributed by atoms with Crippen LogP contribution in [0.25, 0.3) is 0 Å². The lowest BCUT2D eigenvalue weighted by atomic mass is 10.0. The van der Waals surface area contributed by atoms with Gasteiger partial charge < -0.3 is 4.74 Å². The molecule has 0 saturated heterocycles. The molecule has 4 rings (SSSR count). The van der Waals surface area contributed by atoms with Gasteiger partial charge in [-0.15, -0.1) is 0 Å². The molecule has 0 aromatic heterocycles. The standard InChI is InChI=1S/C12H15BrO.C11H11BrO.C2H6/c1-7-4-5-10(13)11-9(7)6-8(2)12(11)14-3;1-6-3-4-9(12)10-8(6)5-7(2)11(10)13;1-2/h4-5,8,12H,6H2,1-3H3;3-4,7H,5H2,1-2H3;1-2H3. The second-order valence-corrected chi connectivity index (χ2v) is 9.49. The number of methoxy groups -OCH3 is 1. The van der Waals surface area contributed by atoms with Gasteiger partial charge in [-0.2, -0.15) is 0 Å². The van der Waals surface area contributed by atoms with Gasteiger partial charge in [-0.25, -0.2) is 0 Å². The Kier molecular flexibility index (Phi) is 8.69. The number of Topliss-reactive ketones (excluding diaryl/α,β-unsaturated/α-hetero) is 1. The van der Waals surface area contributed by atoms with Crippen molar-refractivity contribution in [3.05, 3.63) is 66.6 Å². The molecule has 0 bridgehead atoms. The van der Waals surface area contributed by atoms with E-state index in [0.717, 1.165) is 22.9 Å². The number of ketones is 1. The fourth-order valence-corrected chi connectivity index (χ4v) is 5.45. The number of hydrogen-bond donors (Lipinski definition) is 0. The van der Waals surface area contributed by atoms with Crippen molar-refractivity contribution in [3.8, 4) is 0 Å². The van der Waals surface area contributed by atoms with E-state index < -0.39 is 0 Å². The molecule has 0 spiro atoms. The van der Waals surface area contributed by atoms with Crippen molar-refractivity contribution in [2.45, 2.75) is 60.5 Å². The van der Waals surface area contributed by atoms with Crippen molar-refractivity contribution in [1.29, 1.82) is 0 Å². The molecule has 0 amide bonds. The fourth-order valence-electron chi connectivity index (χ4n) is 4.29. The predicted octanol–water partition coefficient (Wildman–Crippen LogP) is 7.80. The van der Waals surface area contributed by atoms with Crippen molar-refractivity contribution in [1.82, 2.24) is 0 Å². The Bertz CT molecular complexity index is 889. The van der Waals surface area contributed by atoms with Crippen LogP contribution in [0.4, 0.5) is 0 Å². The van der Waals surface area contributed by atoms with E-state index in [1.54, 1.807) is 7.11 Å². The Balaban J connectivity index is 0.000000191. The van der Waals surface area contributed by atoms with Crippen LogP contribution < -0.4 is 0 Å². The lowest BCUT2D eigenvalue weighted by Crippen LogP contribution is -2.05. The van der Waals surface area contributed by atoms with Crippen molar-refractivity contribution >= 4 is 37.6 Å². The summed E-state index contributed by atoms with van der Waals surface area (Å²) < 4.78 is 7.69. The minimum Gasteiger partial charge on any atom is -0.376 e. The molecule has 0 N–H and O–H groups in total. The molecule has 0 aliphatic heterocycles. The second-order valence-electron chi connectivity index (χ2n) is 7.78. The molecular weight excluding hydrogens is 492 g/mol. The number of carbonyl (C=O) groups excluding carboxylic acids is 1. The van der Waals surface area contributed by atoms with Gasteiger partial charge in [0.15, 0.2) is 5.78 Å². The summed E-state index contributed by atoms with van der Waals surface area (Å²) in [7, 11) is 1.80. The number of halogens is 2. The highest BCUT2D eigenvalue weighted by atomic mass is 79.9. The lowest BCUT2D eigenvalue weighted by Gasteiger charge is -2.15. The first kappa shape index (κ1) is 24.3. The number of aryl methyl sites for hydroxylation is 2. The zero-order valence-corrected chi connectivity index (χ0v) is 21.7. The third kappa shape index (κ3) is 4.86. The molecule has 29 heavy (non-hydrogen) atoms. The van der Waals surface area contributed by atoms with Gasteiger partial charge in [0.05, 0.1) is 6.10 Å². The van der Waals surface area contributed by atoms with Crippen molar-refractivity contribution < 1.29 is 9.53 Å². The topological polar surface area (TPSA) is 26.3 Å². The summed E-state index contributed by atoms with van der Waals surface area (Å²) >= 11 is 7.04. The van der Waals surface area contributed by atoms with E-state index in [1.165, 1.54) is 32.3 Å². The van der Waals surface area contributed by atoms with E-state index in [1.807, 2.05) is 26.8 Å². The molecule has 2 aliphatic rings. The quantitative estimate of drug-likeness (QED) is 0.381. The van der Waals surface area contributed by atoms with Crippen LogP contribution >= 0.6 is 31.9 Å². The van der Waals surface area contributed by atoms with Crippen LogP contribution in [0.2, 0.25) is 0 Å². The molecule has 2 aromatic carbocycles. The Hall–Kier alpha value is -0.970. The first-order valence-corrected chi connectivity index (χ1v) is 12.0. The maximum absolute atomic E-state index is 11.7. The van der Waals surface area contributed by atoms with Crippen molar-refractivity contribution in [3.63, 3.8) is 0 Å². The molecule has 0 fully saturated rings. The zero-order chi connectivity index (χ0) is 21.9. The number of carbonyl (C=O) groups is 1. The number of hydrogen-bond acceptors (Lipinski definition) is 2. The van der Waals surface area contributed by atoms with Gasteiger partial charge in [-0.1, -0.05) is 71.7 Å². The number of benzene rings is 2. The van der Waals surface area contributed by atoms with Crippen LogP contribution in [0.15, 0.2) is 33.2 Å². The van der Waals surface area contributed by atoms with Gasteiger partial charge in [0, 0.05) is 27.5 Å². The molecule has 0 radical (unpaired) electrons. The Labute approximate surface area is 192 Å². The summed E-state index contributed by atoms with van der Waals surface area (Å²) in [5.74, 6) is 1.03. The molecule has 2 aliphatic carbocycles. The van der Waals surface area contributed by atoms with Gasteiger partial charge in [-0.3, -0.25) is 4.79 Å². The molecule has 3 unspecified atom stereocenters. The number of fused-ring (bicyclic) bond motifs is 2. The van der Waals surface area contributed by atoms with E-state index in [4.69, 9.17) is 4.74 Å². The van der Waals surface area contributed by atoms with Crippen LogP contribution in [0.3, 0.4) is 0 Å². The average molecular weight is 524 g/mol. The fraction of sp³-hybridized carbons (Fsp3) is 0.480. The van der Waals surface area contributed by atoms with Gasteiger partial charge in [0.25, 0.3) is 0 Å². The van der Waals surface area contributed by atoms with Crippen LogP contribution in [0, 0.1) is 25.7 Å². The minimum atomic E-state index is 0.160. The van der Waals surface area contributed by atoms with Crippen molar-refractivity contribution in [2.24, 2.45) is 11.8 Å². The first-order chi connectivity index (χ1) is 13.8.